The van der Waals surface area contributed by atoms with Crippen molar-refractivity contribution < 1.29 is 4.74 Å². The monoisotopic (exact) mass is 529 g/mol. The van der Waals surface area contributed by atoms with E-state index in [9.17, 15) is 0 Å². The highest BCUT2D eigenvalue weighted by molar-refractivity contribution is 6.16. The summed E-state index contributed by atoms with van der Waals surface area (Å²) in [4.78, 5) is 5.10. The molecular formula is C37H27N3O. The summed E-state index contributed by atoms with van der Waals surface area (Å²) in [5, 5.41) is 12.0. The summed E-state index contributed by atoms with van der Waals surface area (Å²) < 4.78 is 6.33. The van der Waals surface area contributed by atoms with E-state index >= 15 is 0 Å². The molecule has 0 amide bonds. The lowest BCUT2D eigenvalue weighted by Gasteiger charge is -2.24. The van der Waals surface area contributed by atoms with E-state index < -0.39 is 0 Å². The van der Waals surface area contributed by atoms with Crippen LogP contribution in [0.15, 0.2) is 145 Å². The molecule has 4 heteroatoms. The second kappa shape index (κ2) is 9.68. The highest BCUT2D eigenvalue weighted by Crippen LogP contribution is 2.45. The number of fused-ring (bicyclic) bond motifs is 5. The zero-order valence-electron chi connectivity index (χ0n) is 22.3. The van der Waals surface area contributed by atoms with Gasteiger partial charge in [-0.15, -0.1) is 0 Å². The zero-order chi connectivity index (χ0) is 27.2. The summed E-state index contributed by atoms with van der Waals surface area (Å²) in [6.07, 6.45) is 2.01. The molecule has 0 aliphatic carbocycles. The van der Waals surface area contributed by atoms with Gasteiger partial charge < -0.3 is 15.4 Å². The smallest absolute Gasteiger partial charge is 0.196 e. The molecule has 196 valence electrons. The first-order valence-electron chi connectivity index (χ1n) is 14.0. The number of rotatable bonds is 4. The van der Waals surface area contributed by atoms with Crippen molar-refractivity contribution in [3.8, 4) is 5.75 Å². The Hall–Kier alpha value is -5.35. The van der Waals surface area contributed by atoms with Crippen molar-refractivity contribution >= 4 is 38.8 Å². The van der Waals surface area contributed by atoms with Crippen LogP contribution in [0.2, 0.25) is 0 Å². The third-order valence-electron chi connectivity index (χ3n) is 7.94. The van der Waals surface area contributed by atoms with E-state index in [1.165, 1.54) is 21.7 Å². The van der Waals surface area contributed by atoms with E-state index in [0.717, 1.165) is 45.0 Å². The van der Waals surface area contributed by atoms with Gasteiger partial charge in [0.15, 0.2) is 6.23 Å². The Kier molecular flexibility index (Phi) is 5.56. The SMILES string of the molecule is C1=C(c2ccccc2)N=C(c2ccc3c(ccc4ccc5c(c43)NC(c3ccccc3)O5)c2)NC1c1ccccc1. The predicted molar refractivity (Wildman–Crippen MR) is 168 cm³/mol. The molecule has 0 fully saturated rings. The minimum absolute atomic E-state index is 0.0192. The van der Waals surface area contributed by atoms with Crippen molar-refractivity contribution in [1.29, 1.82) is 0 Å². The Morgan fingerprint density at radius 1 is 0.585 bits per heavy atom. The highest BCUT2D eigenvalue weighted by Gasteiger charge is 2.26. The fourth-order valence-electron chi connectivity index (χ4n) is 5.89. The van der Waals surface area contributed by atoms with Crippen molar-refractivity contribution in [3.05, 3.63) is 162 Å². The third kappa shape index (κ3) is 4.21. The Labute approximate surface area is 238 Å². The van der Waals surface area contributed by atoms with E-state index in [0.29, 0.717) is 0 Å². The molecule has 2 unspecified atom stereocenters. The molecule has 0 radical (unpaired) electrons. The number of hydrogen-bond donors (Lipinski definition) is 2. The van der Waals surface area contributed by atoms with E-state index in [-0.39, 0.29) is 12.3 Å². The summed E-state index contributed by atoms with van der Waals surface area (Å²) in [5.41, 5.74) is 6.48. The van der Waals surface area contributed by atoms with E-state index in [1.807, 2.05) is 24.3 Å². The molecule has 41 heavy (non-hydrogen) atoms. The van der Waals surface area contributed by atoms with E-state index in [1.54, 1.807) is 0 Å². The van der Waals surface area contributed by atoms with Gasteiger partial charge in [-0.1, -0.05) is 121 Å². The van der Waals surface area contributed by atoms with Crippen LogP contribution < -0.4 is 15.4 Å². The fourth-order valence-corrected chi connectivity index (χ4v) is 5.89. The van der Waals surface area contributed by atoms with Crippen LogP contribution in [0, 0.1) is 0 Å². The van der Waals surface area contributed by atoms with Crippen LogP contribution in [0.1, 0.15) is 34.5 Å². The summed E-state index contributed by atoms with van der Waals surface area (Å²) in [7, 11) is 0. The standard InChI is InChI=1S/C37H27N3O/c1-4-10-24(11-5-1)31-23-32(25-12-6-2-7-13-25)39-36(38-31)29-18-20-30-28(22-29)17-16-26-19-21-33-35(34(26)30)40-37(41-33)27-14-8-3-9-15-27/h1-23,31,37,40H,(H,38,39). The van der Waals surface area contributed by atoms with Gasteiger partial charge in [-0.05, 0) is 45.5 Å². The topological polar surface area (TPSA) is 45.7 Å². The summed E-state index contributed by atoms with van der Waals surface area (Å²) in [6.45, 7) is 0. The molecule has 2 aliphatic heterocycles. The number of benzene rings is 6. The normalized spacial score (nSPS) is 17.7. The van der Waals surface area contributed by atoms with Crippen molar-refractivity contribution in [2.75, 3.05) is 5.32 Å². The average molecular weight is 530 g/mol. The number of amidine groups is 1. The van der Waals surface area contributed by atoms with Gasteiger partial charge in [0, 0.05) is 16.5 Å². The molecule has 2 aliphatic rings. The summed E-state index contributed by atoms with van der Waals surface area (Å²) in [6, 6.07) is 46.5. The molecule has 6 aromatic carbocycles. The van der Waals surface area contributed by atoms with Crippen molar-refractivity contribution in [1.82, 2.24) is 5.32 Å². The first kappa shape index (κ1) is 23.5. The molecule has 0 aromatic heterocycles. The predicted octanol–water partition coefficient (Wildman–Crippen LogP) is 8.63. The van der Waals surface area contributed by atoms with Gasteiger partial charge in [0.05, 0.1) is 17.4 Å². The summed E-state index contributed by atoms with van der Waals surface area (Å²) in [5.74, 6) is 1.75. The van der Waals surface area contributed by atoms with Crippen molar-refractivity contribution in [2.24, 2.45) is 4.99 Å². The van der Waals surface area contributed by atoms with Crippen LogP contribution in [-0.4, -0.2) is 5.84 Å². The zero-order valence-corrected chi connectivity index (χ0v) is 22.3. The molecule has 0 bridgehead atoms. The largest absolute Gasteiger partial charge is 0.464 e. The van der Waals surface area contributed by atoms with Gasteiger partial charge in [0.25, 0.3) is 0 Å². The van der Waals surface area contributed by atoms with Gasteiger partial charge in [-0.25, -0.2) is 4.99 Å². The lowest BCUT2D eigenvalue weighted by Crippen LogP contribution is -2.31. The first-order valence-corrected chi connectivity index (χ1v) is 14.0. The number of nitrogens with one attached hydrogen (secondary N) is 2. The number of anilines is 1. The fraction of sp³-hybridized carbons (Fsp3) is 0.0541. The lowest BCUT2D eigenvalue weighted by atomic mass is 9.97. The molecule has 0 spiro atoms. The summed E-state index contributed by atoms with van der Waals surface area (Å²) >= 11 is 0. The van der Waals surface area contributed by atoms with Crippen LogP contribution >= 0.6 is 0 Å². The Bertz CT molecular complexity index is 1960. The van der Waals surface area contributed by atoms with E-state index in [4.69, 9.17) is 9.73 Å². The van der Waals surface area contributed by atoms with Crippen LogP contribution in [0.5, 0.6) is 5.75 Å². The molecule has 2 heterocycles. The quantitative estimate of drug-likeness (QED) is 0.225. The average Bonchev–Trinajstić information content (AvgIpc) is 3.50. The van der Waals surface area contributed by atoms with Gasteiger partial charge in [-0.3, -0.25) is 0 Å². The van der Waals surface area contributed by atoms with Gasteiger partial charge in [-0.2, -0.15) is 0 Å². The van der Waals surface area contributed by atoms with Crippen molar-refractivity contribution in [3.63, 3.8) is 0 Å². The maximum atomic E-state index is 6.33. The van der Waals surface area contributed by atoms with Crippen LogP contribution in [0.3, 0.4) is 0 Å². The lowest BCUT2D eigenvalue weighted by molar-refractivity contribution is 0.260. The molecular weight excluding hydrogens is 502 g/mol. The van der Waals surface area contributed by atoms with Gasteiger partial charge >= 0.3 is 0 Å². The minimum Gasteiger partial charge on any atom is -0.464 e. The molecule has 0 saturated heterocycles. The molecule has 0 saturated carbocycles. The number of nitrogens with zero attached hydrogens (tertiary/aromatic N) is 1. The van der Waals surface area contributed by atoms with E-state index in [2.05, 4.69) is 126 Å². The second-order valence-electron chi connectivity index (χ2n) is 10.5. The first-order chi connectivity index (χ1) is 20.3. The highest BCUT2D eigenvalue weighted by atomic mass is 16.5. The van der Waals surface area contributed by atoms with Crippen LogP contribution in [0.4, 0.5) is 5.69 Å². The second-order valence-corrected chi connectivity index (χ2v) is 10.5. The number of aliphatic imine (C=N–C) groups is 1. The molecule has 4 nitrogen and oxygen atoms in total. The minimum atomic E-state index is -0.203. The molecule has 2 atom stereocenters. The van der Waals surface area contributed by atoms with Crippen LogP contribution in [-0.2, 0) is 0 Å². The number of hydrogen-bond acceptors (Lipinski definition) is 4. The number of ether oxygens (including phenoxy) is 1. The maximum absolute atomic E-state index is 6.33. The molecule has 8 rings (SSSR count). The van der Waals surface area contributed by atoms with Crippen molar-refractivity contribution in [2.45, 2.75) is 12.3 Å². The Balaban J connectivity index is 1.21. The van der Waals surface area contributed by atoms with Gasteiger partial charge in [0.1, 0.15) is 11.6 Å². The third-order valence-corrected chi connectivity index (χ3v) is 7.94. The Morgan fingerprint density at radius 3 is 2.05 bits per heavy atom. The molecule has 2 N–H and O–H groups in total. The maximum Gasteiger partial charge on any atom is 0.196 e. The molecule has 6 aromatic rings. The van der Waals surface area contributed by atoms with Gasteiger partial charge in [0.2, 0.25) is 0 Å². The van der Waals surface area contributed by atoms with Crippen LogP contribution in [0.25, 0.3) is 27.2 Å². The Morgan fingerprint density at radius 2 is 1.27 bits per heavy atom.